The Morgan fingerprint density at radius 1 is 1.25 bits per heavy atom. The highest BCUT2D eigenvalue weighted by molar-refractivity contribution is 5.76. The van der Waals surface area contributed by atoms with Crippen molar-refractivity contribution in [1.29, 1.82) is 0 Å². The number of para-hydroxylation sites is 2. The quantitative estimate of drug-likeness (QED) is 0.783. The molecule has 24 heavy (non-hydrogen) atoms. The predicted octanol–water partition coefficient (Wildman–Crippen LogP) is 1.69. The molecule has 134 valence electrons. The van der Waals surface area contributed by atoms with Crippen LogP contribution >= 0.6 is 0 Å². The van der Waals surface area contributed by atoms with E-state index in [1.807, 2.05) is 24.3 Å². The first-order chi connectivity index (χ1) is 11.5. The Hall–Kier alpha value is -1.79. The fourth-order valence-corrected chi connectivity index (χ4v) is 2.68. The number of carbonyl (C=O) groups excluding carboxylic acids is 1. The van der Waals surface area contributed by atoms with E-state index in [-0.39, 0.29) is 11.4 Å². The van der Waals surface area contributed by atoms with Crippen LogP contribution < -0.4 is 14.8 Å². The zero-order valence-electron chi connectivity index (χ0n) is 14.8. The summed E-state index contributed by atoms with van der Waals surface area (Å²) >= 11 is 0. The van der Waals surface area contributed by atoms with Crippen LogP contribution in [0.15, 0.2) is 24.3 Å². The second-order valence-electron chi connectivity index (χ2n) is 6.44. The molecular formula is C18H28N2O4. The van der Waals surface area contributed by atoms with Crippen molar-refractivity contribution < 1.29 is 19.0 Å². The van der Waals surface area contributed by atoms with Gasteiger partial charge in [-0.15, -0.1) is 0 Å². The zero-order valence-corrected chi connectivity index (χ0v) is 14.8. The summed E-state index contributed by atoms with van der Waals surface area (Å²) in [5.74, 6) is 1.32. The molecule has 1 amide bonds. The van der Waals surface area contributed by atoms with E-state index in [9.17, 15) is 4.79 Å². The molecule has 6 heteroatoms. The summed E-state index contributed by atoms with van der Waals surface area (Å²) in [6.45, 7) is 8.53. The highest BCUT2D eigenvalue weighted by atomic mass is 16.5. The van der Waals surface area contributed by atoms with E-state index >= 15 is 0 Å². The molecule has 0 spiro atoms. The first kappa shape index (κ1) is 18.5. The number of hydrogen-bond donors (Lipinski definition) is 1. The van der Waals surface area contributed by atoms with Gasteiger partial charge in [0, 0.05) is 25.2 Å². The van der Waals surface area contributed by atoms with Gasteiger partial charge in [-0.05, 0) is 26.0 Å². The molecule has 0 bridgehead atoms. The van der Waals surface area contributed by atoms with Gasteiger partial charge in [-0.1, -0.05) is 12.1 Å². The smallest absolute Gasteiger partial charge is 0.223 e. The molecule has 1 aliphatic rings. The molecule has 0 aliphatic carbocycles. The molecule has 0 atom stereocenters. The highest BCUT2D eigenvalue weighted by Gasteiger charge is 2.28. The molecule has 0 aromatic heterocycles. The number of carbonyl (C=O) groups is 1. The summed E-state index contributed by atoms with van der Waals surface area (Å²) in [6, 6.07) is 7.42. The molecule has 1 aromatic rings. The monoisotopic (exact) mass is 336 g/mol. The molecule has 1 heterocycles. The van der Waals surface area contributed by atoms with Gasteiger partial charge in [-0.3, -0.25) is 9.69 Å². The van der Waals surface area contributed by atoms with Gasteiger partial charge in [0.15, 0.2) is 11.5 Å². The number of benzene rings is 1. The second-order valence-corrected chi connectivity index (χ2v) is 6.44. The van der Waals surface area contributed by atoms with E-state index in [0.29, 0.717) is 31.1 Å². The van der Waals surface area contributed by atoms with Crippen LogP contribution in [-0.2, 0) is 9.53 Å². The van der Waals surface area contributed by atoms with Crippen LogP contribution in [0.1, 0.15) is 20.3 Å². The number of hydrogen-bond acceptors (Lipinski definition) is 5. The maximum Gasteiger partial charge on any atom is 0.223 e. The lowest BCUT2D eigenvalue weighted by Gasteiger charge is -2.40. The van der Waals surface area contributed by atoms with E-state index < -0.39 is 0 Å². The van der Waals surface area contributed by atoms with E-state index in [0.717, 1.165) is 26.3 Å². The van der Waals surface area contributed by atoms with Crippen LogP contribution in [0.4, 0.5) is 0 Å². The third-order valence-corrected chi connectivity index (χ3v) is 4.24. The lowest BCUT2D eigenvalue weighted by Crippen LogP contribution is -2.55. The molecule has 2 rings (SSSR count). The number of nitrogens with one attached hydrogen (secondary N) is 1. The largest absolute Gasteiger partial charge is 0.493 e. The Kier molecular flexibility index (Phi) is 6.87. The maximum atomic E-state index is 12.1. The van der Waals surface area contributed by atoms with Crippen LogP contribution in [0, 0.1) is 0 Å². The van der Waals surface area contributed by atoms with E-state index in [1.54, 1.807) is 7.11 Å². The standard InChI is InChI=1S/C18H28N2O4/c1-18(2,20-9-12-23-13-10-20)14-19-17(21)8-11-24-16-7-5-4-6-15(16)22-3/h4-7H,8-14H2,1-3H3,(H,19,21). The summed E-state index contributed by atoms with van der Waals surface area (Å²) in [6.07, 6.45) is 0.317. The van der Waals surface area contributed by atoms with Crippen molar-refractivity contribution in [3.05, 3.63) is 24.3 Å². The van der Waals surface area contributed by atoms with Crippen molar-refractivity contribution in [2.45, 2.75) is 25.8 Å². The first-order valence-electron chi connectivity index (χ1n) is 8.38. The van der Waals surface area contributed by atoms with Crippen LogP contribution in [0.5, 0.6) is 11.5 Å². The molecule has 1 fully saturated rings. The molecule has 1 saturated heterocycles. The summed E-state index contributed by atoms with van der Waals surface area (Å²) in [5.41, 5.74) is -0.0804. The second kappa shape index (κ2) is 8.89. The fourth-order valence-electron chi connectivity index (χ4n) is 2.68. The lowest BCUT2D eigenvalue weighted by molar-refractivity contribution is -0.122. The SMILES string of the molecule is COc1ccccc1OCCC(=O)NCC(C)(C)N1CCOCC1. The zero-order chi connectivity index (χ0) is 17.4. The number of ether oxygens (including phenoxy) is 3. The van der Waals surface area contributed by atoms with Gasteiger partial charge in [0.25, 0.3) is 0 Å². The lowest BCUT2D eigenvalue weighted by atomic mass is 10.0. The molecule has 0 saturated carbocycles. The number of nitrogens with zero attached hydrogens (tertiary/aromatic N) is 1. The number of methoxy groups -OCH3 is 1. The molecular weight excluding hydrogens is 308 g/mol. The molecule has 6 nitrogen and oxygen atoms in total. The Balaban J connectivity index is 1.71. The van der Waals surface area contributed by atoms with Gasteiger partial charge in [0.05, 0.1) is 33.4 Å². The van der Waals surface area contributed by atoms with Crippen molar-refractivity contribution in [2.24, 2.45) is 0 Å². The molecule has 1 N–H and O–H groups in total. The highest BCUT2D eigenvalue weighted by Crippen LogP contribution is 2.25. The van der Waals surface area contributed by atoms with Crippen molar-refractivity contribution >= 4 is 5.91 Å². The van der Waals surface area contributed by atoms with Crippen molar-refractivity contribution in [1.82, 2.24) is 10.2 Å². The number of morpholine rings is 1. The van der Waals surface area contributed by atoms with Gasteiger partial charge in [-0.2, -0.15) is 0 Å². The molecule has 0 radical (unpaired) electrons. The number of amides is 1. The van der Waals surface area contributed by atoms with E-state index in [2.05, 4.69) is 24.1 Å². The van der Waals surface area contributed by atoms with Crippen molar-refractivity contribution in [3.63, 3.8) is 0 Å². The Morgan fingerprint density at radius 2 is 1.92 bits per heavy atom. The minimum absolute atomic E-state index is 0.00812. The third kappa shape index (κ3) is 5.39. The van der Waals surface area contributed by atoms with Gasteiger partial charge >= 0.3 is 0 Å². The number of rotatable bonds is 8. The fraction of sp³-hybridized carbons (Fsp3) is 0.611. The summed E-state index contributed by atoms with van der Waals surface area (Å²) in [5, 5.41) is 3.00. The molecule has 0 unspecified atom stereocenters. The third-order valence-electron chi connectivity index (χ3n) is 4.24. The van der Waals surface area contributed by atoms with Crippen LogP contribution in [0.2, 0.25) is 0 Å². The van der Waals surface area contributed by atoms with Crippen LogP contribution in [-0.4, -0.2) is 62.9 Å². The molecule has 1 aliphatic heterocycles. The Morgan fingerprint density at radius 3 is 2.58 bits per heavy atom. The van der Waals surface area contributed by atoms with Crippen LogP contribution in [0.25, 0.3) is 0 Å². The Bertz CT molecular complexity index is 528. The van der Waals surface area contributed by atoms with Crippen LogP contribution in [0.3, 0.4) is 0 Å². The van der Waals surface area contributed by atoms with E-state index in [1.165, 1.54) is 0 Å². The summed E-state index contributed by atoms with van der Waals surface area (Å²) in [7, 11) is 1.60. The summed E-state index contributed by atoms with van der Waals surface area (Å²) in [4.78, 5) is 14.4. The van der Waals surface area contributed by atoms with Crippen molar-refractivity contribution in [3.8, 4) is 11.5 Å². The Labute approximate surface area is 144 Å². The van der Waals surface area contributed by atoms with E-state index in [4.69, 9.17) is 14.2 Å². The molecule has 1 aromatic carbocycles. The van der Waals surface area contributed by atoms with Gasteiger partial charge in [0.2, 0.25) is 5.91 Å². The summed E-state index contributed by atoms with van der Waals surface area (Å²) < 4.78 is 16.2. The van der Waals surface area contributed by atoms with Gasteiger partial charge in [-0.25, -0.2) is 0 Å². The predicted molar refractivity (Wildman–Crippen MR) is 92.6 cm³/mol. The minimum Gasteiger partial charge on any atom is -0.493 e. The van der Waals surface area contributed by atoms with Crippen molar-refractivity contribution in [2.75, 3.05) is 46.6 Å². The van der Waals surface area contributed by atoms with Gasteiger partial charge in [0.1, 0.15) is 0 Å². The average molecular weight is 336 g/mol. The normalized spacial score (nSPS) is 15.8. The maximum absolute atomic E-state index is 12.1. The topological polar surface area (TPSA) is 60.0 Å². The average Bonchev–Trinajstić information content (AvgIpc) is 2.61. The minimum atomic E-state index is -0.0804. The van der Waals surface area contributed by atoms with Gasteiger partial charge < -0.3 is 19.5 Å². The first-order valence-corrected chi connectivity index (χ1v) is 8.38.